The monoisotopic (exact) mass is 670 g/mol. The predicted molar refractivity (Wildman–Crippen MR) is 174 cm³/mol. The minimum absolute atomic E-state index is 0.0737. The summed E-state index contributed by atoms with van der Waals surface area (Å²) in [6.07, 6.45) is -1.29. The number of carbonyl (C=O) groups is 1. The van der Waals surface area contributed by atoms with Crippen molar-refractivity contribution in [1.29, 1.82) is 0 Å². The lowest BCUT2D eigenvalue weighted by atomic mass is 9.85. The Morgan fingerprint density at radius 1 is 1.13 bits per heavy atom. The summed E-state index contributed by atoms with van der Waals surface area (Å²) in [5, 5.41) is 12.3. The van der Waals surface area contributed by atoms with E-state index in [-0.39, 0.29) is 40.6 Å². The smallest absolute Gasteiger partial charge is 0.258 e. The zero-order chi connectivity index (χ0) is 33.7. The summed E-state index contributed by atoms with van der Waals surface area (Å²) < 4.78 is 44.2. The zero-order valence-electron chi connectivity index (χ0n) is 28.3. The van der Waals surface area contributed by atoms with Crippen molar-refractivity contribution in [2.24, 2.45) is 0 Å². The van der Waals surface area contributed by atoms with Gasteiger partial charge in [-0.2, -0.15) is 0 Å². The summed E-state index contributed by atoms with van der Waals surface area (Å²) in [5.74, 6) is -1.29. The van der Waals surface area contributed by atoms with Gasteiger partial charge in [-0.05, 0) is 62.0 Å². The molecule has 6 rings (SSSR count). The highest BCUT2D eigenvalue weighted by Crippen LogP contribution is 2.51. The number of nitro groups is 1. The third kappa shape index (κ3) is 6.73. The van der Waals surface area contributed by atoms with E-state index < -0.39 is 51.2 Å². The summed E-state index contributed by atoms with van der Waals surface area (Å²) in [6, 6.07) is 11.3. The second-order valence-electron chi connectivity index (χ2n) is 14.7. The van der Waals surface area contributed by atoms with E-state index in [1.807, 2.05) is 44.2 Å². The van der Waals surface area contributed by atoms with Gasteiger partial charge in [-0.3, -0.25) is 14.9 Å². The van der Waals surface area contributed by atoms with Crippen LogP contribution in [0.25, 0.3) is 0 Å². The molecule has 4 heterocycles. The van der Waals surface area contributed by atoms with Crippen molar-refractivity contribution in [2.45, 2.75) is 109 Å². The molecule has 1 amide bonds. The first-order valence-electron chi connectivity index (χ1n) is 16.4. The van der Waals surface area contributed by atoms with Gasteiger partial charge in [0.25, 0.3) is 5.91 Å². The van der Waals surface area contributed by atoms with Crippen LogP contribution in [0.5, 0.6) is 17.2 Å². The summed E-state index contributed by atoms with van der Waals surface area (Å²) >= 11 is 0. The first-order valence-corrected chi connectivity index (χ1v) is 19.3. The van der Waals surface area contributed by atoms with Crippen molar-refractivity contribution >= 4 is 14.2 Å². The van der Waals surface area contributed by atoms with Gasteiger partial charge in [0, 0.05) is 18.0 Å². The van der Waals surface area contributed by atoms with Crippen molar-refractivity contribution in [2.75, 3.05) is 26.4 Å². The maximum Gasteiger partial charge on any atom is 0.258 e. The van der Waals surface area contributed by atoms with Gasteiger partial charge in [0.05, 0.1) is 11.5 Å². The maximum absolute atomic E-state index is 14.5. The van der Waals surface area contributed by atoms with Gasteiger partial charge in [0.1, 0.15) is 24.9 Å². The predicted octanol–water partition coefficient (Wildman–Crippen LogP) is 5.86. The molecule has 2 aromatic carbocycles. The first kappa shape index (κ1) is 33.7. The molecular weight excluding hydrogens is 624 g/mol. The molecule has 3 fully saturated rings. The van der Waals surface area contributed by atoms with Crippen LogP contribution in [-0.2, 0) is 25.2 Å². The Labute approximate surface area is 276 Å². The number of likely N-dealkylation sites (tertiary alicyclic amines) is 1. The summed E-state index contributed by atoms with van der Waals surface area (Å²) in [4.78, 5) is 28.4. The number of nitrogens with zero attached hydrogens (tertiary/aromatic N) is 2. The molecule has 2 aromatic rings. The van der Waals surface area contributed by atoms with Gasteiger partial charge in [-0.1, -0.05) is 51.1 Å². The third-order valence-electron chi connectivity index (χ3n) is 9.89. The van der Waals surface area contributed by atoms with Crippen molar-refractivity contribution in [3.63, 3.8) is 0 Å². The van der Waals surface area contributed by atoms with Crippen molar-refractivity contribution < 1.29 is 42.6 Å². The van der Waals surface area contributed by atoms with E-state index in [2.05, 4.69) is 33.9 Å². The normalized spacial score (nSPS) is 25.6. The van der Waals surface area contributed by atoms with Crippen LogP contribution in [0, 0.1) is 10.1 Å². The van der Waals surface area contributed by atoms with Crippen LogP contribution >= 0.6 is 0 Å². The summed E-state index contributed by atoms with van der Waals surface area (Å²) in [5.41, 5.74) is 1.49. The molecule has 0 radical (unpaired) electrons. The van der Waals surface area contributed by atoms with E-state index in [1.54, 1.807) is 11.0 Å². The number of amides is 1. The fraction of sp³-hybridized carbons (Fsp3) is 0.618. The fourth-order valence-corrected chi connectivity index (χ4v) is 7.81. The standard InChI is InChI=1S/C34H46N2O10Si/c1-33(2,3)47(6,7)46-29-26(43-32-30(29)44-34(4,5)45-32)23(18-36(38)39)22-17-24-27(42-20-41-24)28(40-19-21-13-9-8-10-14-21)25(22)31(37)35-15-11-12-16-35/h8-10,13-14,17,23,26,29-30,32H,11-12,15-16,18-20H2,1-7H3/t23-,26-,29-,30+,32+/m0/s1. The van der Waals surface area contributed by atoms with Crippen LogP contribution in [0.2, 0.25) is 18.1 Å². The van der Waals surface area contributed by atoms with Crippen molar-refractivity contribution in [3.05, 3.63) is 63.2 Å². The van der Waals surface area contributed by atoms with Crippen LogP contribution < -0.4 is 14.2 Å². The van der Waals surface area contributed by atoms with Gasteiger partial charge in [0.2, 0.25) is 19.1 Å². The van der Waals surface area contributed by atoms with Gasteiger partial charge in [-0.15, -0.1) is 0 Å². The van der Waals surface area contributed by atoms with Crippen LogP contribution in [0.4, 0.5) is 0 Å². The lowest BCUT2D eigenvalue weighted by Gasteiger charge is -2.41. The van der Waals surface area contributed by atoms with Gasteiger partial charge >= 0.3 is 0 Å². The number of benzene rings is 2. The maximum atomic E-state index is 14.5. The minimum Gasteiger partial charge on any atom is -0.484 e. The van der Waals surface area contributed by atoms with Gasteiger partial charge in [0.15, 0.2) is 31.9 Å². The van der Waals surface area contributed by atoms with Crippen molar-refractivity contribution in [1.82, 2.24) is 4.90 Å². The SMILES string of the molecule is CC1(C)O[C@H]2O[C@@H]([C@@H](C[N+](=O)[O-])c3cc4c(c(OCc5ccccc5)c3C(=O)N3CCCC3)OCO4)[C@H](O[Si](C)(C)C(C)(C)C)[C@H]2O1. The molecule has 4 aliphatic heterocycles. The highest BCUT2D eigenvalue weighted by Gasteiger charge is 2.60. The molecule has 0 saturated carbocycles. The quantitative estimate of drug-likeness (QED) is 0.172. The second kappa shape index (κ2) is 12.7. The molecule has 5 atom stereocenters. The molecule has 256 valence electrons. The van der Waals surface area contributed by atoms with E-state index >= 15 is 0 Å². The second-order valence-corrected chi connectivity index (χ2v) is 19.5. The summed E-state index contributed by atoms with van der Waals surface area (Å²) in [7, 11) is -2.47. The number of ether oxygens (including phenoxy) is 6. The number of rotatable bonds is 10. The molecule has 3 saturated heterocycles. The Balaban J connectivity index is 1.49. The molecule has 12 nitrogen and oxygen atoms in total. The van der Waals surface area contributed by atoms with Crippen LogP contribution in [-0.4, -0.2) is 80.9 Å². The Morgan fingerprint density at radius 3 is 2.49 bits per heavy atom. The van der Waals surface area contributed by atoms with Crippen LogP contribution in [0.1, 0.15) is 74.9 Å². The number of hydrogen-bond donors (Lipinski definition) is 0. The average molecular weight is 671 g/mol. The van der Waals surface area contributed by atoms with E-state index in [0.29, 0.717) is 30.2 Å². The molecule has 4 aliphatic rings. The van der Waals surface area contributed by atoms with Gasteiger partial charge < -0.3 is 37.7 Å². The molecule has 0 N–H and O–H groups in total. The lowest BCUT2D eigenvalue weighted by Crippen LogP contribution is -2.51. The largest absolute Gasteiger partial charge is 0.484 e. The Morgan fingerprint density at radius 2 is 1.83 bits per heavy atom. The molecule has 0 unspecified atom stereocenters. The van der Waals surface area contributed by atoms with E-state index in [0.717, 1.165) is 18.4 Å². The van der Waals surface area contributed by atoms with E-state index in [4.69, 9.17) is 32.8 Å². The molecule has 0 bridgehead atoms. The minimum atomic E-state index is -2.47. The summed E-state index contributed by atoms with van der Waals surface area (Å²) in [6.45, 7) is 14.9. The lowest BCUT2D eigenvalue weighted by molar-refractivity contribution is -0.486. The van der Waals surface area contributed by atoms with Crippen LogP contribution in [0.3, 0.4) is 0 Å². The van der Waals surface area contributed by atoms with Crippen LogP contribution in [0.15, 0.2) is 36.4 Å². The average Bonchev–Trinajstić information content (AvgIpc) is 3.79. The molecule has 47 heavy (non-hydrogen) atoms. The number of fused-ring (bicyclic) bond motifs is 2. The topological polar surface area (TPSA) is 128 Å². The molecular formula is C34H46N2O10Si. The number of hydrogen-bond acceptors (Lipinski definition) is 10. The molecule has 0 aromatic heterocycles. The van der Waals surface area contributed by atoms with E-state index in [1.165, 1.54) is 0 Å². The van der Waals surface area contributed by atoms with Crippen molar-refractivity contribution in [3.8, 4) is 17.2 Å². The van der Waals surface area contributed by atoms with Gasteiger partial charge in [-0.25, -0.2) is 0 Å². The van der Waals surface area contributed by atoms with E-state index in [9.17, 15) is 14.9 Å². The number of carbonyl (C=O) groups excluding carboxylic acids is 1. The first-order chi connectivity index (χ1) is 22.1. The third-order valence-corrected chi connectivity index (χ3v) is 14.4. The molecule has 0 aliphatic carbocycles. The Kier molecular flexibility index (Phi) is 9.07. The molecule has 0 spiro atoms. The Bertz CT molecular complexity index is 1490. The highest BCUT2D eigenvalue weighted by atomic mass is 28.4. The fourth-order valence-electron chi connectivity index (χ4n) is 6.51. The Hall–Kier alpha value is -3.23. The highest BCUT2D eigenvalue weighted by molar-refractivity contribution is 6.74. The molecule has 13 heteroatoms. The zero-order valence-corrected chi connectivity index (χ0v) is 29.3.